The number of benzene rings is 2. The van der Waals surface area contributed by atoms with Gasteiger partial charge in [-0.15, -0.1) is 0 Å². The minimum absolute atomic E-state index is 0.662. The SMILES string of the molecule is COc1c(OCC2(O)C(O)(O)C(O)(O)NC(O)(O)C2(O)O)c(O)c2[nH]c(=O)nc(Nc3c(O)c(O)c(Br)c(O)c3F)c2c1O. The minimum atomic E-state index is -4.54. The first-order chi connectivity index (χ1) is 20.0. The summed E-state index contributed by atoms with van der Waals surface area (Å²) in [5.74, 6) is -28.3. The van der Waals surface area contributed by atoms with Crippen molar-refractivity contribution >= 4 is 38.3 Å². The third-order valence-corrected chi connectivity index (χ3v) is 7.44. The molecule has 2 heterocycles. The van der Waals surface area contributed by atoms with Crippen LogP contribution in [0.1, 0.15) is 0 Å². The number of phenolic OH excluding ortho intramolecular Hbond substituents is 5. The fourth-order valence-corrected chi connectivity index (χ4v) is 4.60. The molecule has 1 saturated heterocycles. The van der Waals surface area contributed by atoms with E-state index in [1.54, 1.807) is 0 Å². The Morgan fingerprint density at radius 1 is 0.841 bits per heavy atom. The van der Waals surface area contributed by atoms with Crippen LogP contribution in [-0.2, 0) is 0 Å². The Bertz CT molecular complexity index is 1690. The first kappa shape index (κ1) is 32.9. The van der Waals surface area contributed by atoms with Crippen LogP contribution in [0.15, 0.2) is 9.27 Å². The molecule has 4 rings (SSSR count). The number of H-pyrrole nitrogens is 1. The Morgan fingerprint density at radius 3 is 1.91 bits per heavy atom. The number of aliphatic hydroxyl groups is 9. The summed E-state index contributed by atoms with van der Waals surface area (Å²) >= 11 is 2.63. The van der Waals surface area contributed by atoms with Crippen molar-refractivity contribution < 1.29 is 85.4 Å². The van der Waals surface area contributed by atoms with Gasteiger partial charge in [-0.3, -0.25) is 0 Å². The van der Waals surface area contributed by atoms with Gasteiger partial charge in [-0.2, -0.15) is 4.98 Å². The minimum Gasteiger partial charge on any atom is -0.504 e. The van der Waals surface area contributed by atoms with Crippen LogP contribution >= 0.6 is 15.9 Å². The van der Waals surface area contributed by atoms with Gasteiger partial charge < -0.3 is 91.3 Å². The van der Waals surface area contributed by atoms with Crippen LogP contribution in [0.25, 0.3) is 10.9 Å². The summed E-state index contributed by atoms with van der Waals surface area (Å²) in [4.78, 5) is 17.7. The lowest BCUT2D eigenvalue weighted by Gasteiger charge is -2.58. The monoisotopic (exact) mass is 700 g/mol. The zero-order chi connectivity index (χ0) is 33.5. The van der Waals surface area contributed by atoms with E-state index >= 15 is 0 Å². The van der Waals surface area contributed by atoms with E-state index < -0.39 is 114 Å². The van der Waals surface area contributed by atoms with Crippen LogP contribution in [0.2, 0.25) is 0 Å². The summed E-state index contributed by atoms with van der Waals surface area (Å²) < 4.78 is 24.0. The predicted molar refractivity (Wildman–Crippen MR) is 137 cm³/mol. The molecule has 44 heavy (non-hydrogen) atoms. The van der Waals surface area contributed by atoms with Gasteiger partial charge in [0.15, 0.2) is 34.6 Å². The predicted octanol–water partition coefficient (Wildman–Crippen LogP) is -4.54. The smallest absolute Gasteiger partial charge is 0.347 e. The van der Waals surface area contributed by atoms with Gasteiger partial charge in [0.05, 0.1) is 12.5 Å². The number of piperidine rings is 1. The molecule has 0 saturated carbocycles. The lowest BCUT2D eigenvalue weighted by molar-refractivity contribution is -0.551. The van der Waals surface area contributed by atoms with Crippen molar-refractivity contribution in [1.82, 2.24) is 15.3 Å². The zero-order valence-corrected chi connectivity index (χ0v) is 23.0. The summed E-state index contributed by atoms with van der Waals surface area (Å²) in [5.41, 5.74) is -7.65. The molecular weight excluding hydrogens is 679 g/mol. The molecule has 21 nitrogen and oxygen atoms in total. The highest BCUT2D eigenvalue weighted by Crippen LogP contribution is 2.54. The van der Waals surface area contributed by atoms with Crippen molar-refractivity contribution in [3.63, 3.8) is 0 Å². The molecule has 242 valence electrons. The molecule has 0 radical (unpaired) electrons. The maximum atomic E-state index is 14.8. The van der Waals surface area contributed by atoms with E-state index in [9.17, 15) is 80.7 Å². The van der Waals surface area contributed by atoms with E-state index in [1.165, 1.54) is 0 Å². The molecule has 23 heteroatoms. The van der Waals surface area contributed by atoms with Crippen LogP contribution in [0.3, 0.4) is 0 Å². The zero-order valence-electron chi connectivity index (χ0n) is 21.4. The number of aromatic amines is 1. The molecule has 0 bridgehead atoms. The molecule has 3 aromatic rings. The number of anilines is 2. The Morgan fingerprint density at radius 2 is 1.39 bits per heavy atom. The third-order valence-electron chi connectivity index (χ3n) is 6.69. The Hall–Kier alpha value is -4.01. The number of rotatable bonds is 6. The van der Waals surface area contributed by atoms with E-state index in [1.807, 2.05) is 10.3 Å². The van der Waals surface area contributed by atoms with Crippen molar-refractivity contribution in [1.29, 1.82) is 0 Å². The summed E-state index contributed by atoms with van der Waals surface area (Å²) in [6.07, 6.45) is 0. The maximum absolute atomic E-state index is 14.8. The van der Waals surface area contributed by atoms with Crippen LogP contribution in [-0.4, -0.2) is 124 Å². The number of hydrogen-bond donors (Lipinski definition) is 17. The first-order valence-corrected chi connectivity index (χ1v) is 12.2. The number of nitrogens with zero attached hydrogens (tertiary/aromatic N) is 1. The number of ether oxygens (including phenoxy) is 2. The van der Waals surface area contributed by atoms with Crippen molar-refractivity contribution in [2.45, 2.75) is 29.0 Å². The standard InChI is InChI=1S/C21H22BrFN4O17/c1-43-13-8(28)3-6(25-16(33)26-15(3)24-7-5(23)9(29)4(22)10(30)11(7)31)12(32)14(13)44-2-17(34)18(35,36)20(39,40)27-21(41,42)19(17,37)38/h27-32,34-42H,2H2,1H3,(H2,24,25,26,33). The molecule has 1 fully saturated rings. The molecule has 1 aliphatic heterocycles. The third kappa shape index (κ3) is 4.30. The number of halogens is 2. The van der Waals surface area contributed by atoms with Crippen LogP contribution < -0.4 is 25.8 Å². The van der Waals surface area contributed by atoms with Gasteiger partial charge in [-0.05, 0) is 15.9 Å². The maximum Gasteiger partial charge on any atom is 0.347 e. The van der Waals surface area contributed by atoms with E-state index in [-0.39, 0.29) is 0 Å². The summed E-state index contributed by atoms with van der Waals surface area (Å²) in [7, 11) is 0.818. The number of phenols is 5. The topological polar surface area (TPSA) is 371 Å². The van der Waals surface area contributed by atoms with Gasteiger partial charge in [-0.1, -0.05) is 0 Å². The average Bonchev–Trinajstić information content (AvgIpc) is 2.92. The van der Waals surface area contributed by atoms with Crippen molar-refractivity contribution in [3.8, 4) is 40.2 Å². The van der Waals surface area contributed by atoms with Crippen LogP contribution in [0, 0.1) is 5.82 Å². The number of aromatic nitrogens is 2. The second kappa shape index (κ2) is 10.0. The van der Waals surface area contributed by atoms with Gasteiger partial charge in [0.2, 0.25) is 17.1 Å². The number of nitrogens with one attached hydrogen (secondary N) is 3. The fraction of sp³-hybridized carbons (Fsp3) is 0.333. The number of aromatic hydroxyl groups is 5. The Kier molecular flexibility index (Phi) is 7.48. The highest BCUT2D eigenvalue weighted by atomic mass is 79.9. The van der Waals surface area contributed by atoms with Gasteiger partial charge in [0, 0.05) is 0 Å². The number of hydrogen-bond acceptors (Lipinski definition) is 20. The molecule has 0 amide bonds. The van der Waals surface area contributed by atoms with Gasteiger partial charge in [0.25, 0.3) is 23.4 Å². The first-order valence-electron chi connectivity index (χ1n) is 11.4. The Balaban J connectivity index is 1.91. The molecule has 0 spiro atoms. The molecule has 0 aliphatic carbocycles. The highest BCUT2D eigenvalue weighted by Gasteiger charge is 2.82. The average molecular weight is 701 g/mol. The number of methoxy groups -OCH3 is 1. The number of fused-ring (bicyclic) bond motifs is 1. The van der Waals surface area contributed by atoms with E-state index in [4.69, 9.17) is 9.47 Å². The van der Waals surface area contributed by atoms with Gasteiger partial charge >= 0.3 is 5.69 Å². The van der Waals surface area contributed by atoms with Crippen LogP contribution in [0.5, 0.6) is 40.2 Å². The van der Waals surface area contributed by atoms with Crippen molar-refractivity contribution in [3.05, 3.63) is 20.8 Å². The molecule has 0 unspecified atom stereocenters. The second-order valence-electron chi connectivity index (χ2n) is 9.34. The normalized spacial score (nSPS) is 19.5. The van der Waals surface area contributed by atoms with Gasteiger partial charge in [-0.25, -0.2) is 14.5 Å². The molecule has 17 N–H and O–H groups in total. The fourth-order valence-electron chi connectivity index (χ4n) is 4.24. The summed E-state index contributed by atoms with van der Waals surface area (Å²) in [5, 5.41) is 145. The molecular formula is C21H22BrFN4O17. The molecule has 0 atom stereocenters. The summed E-state index contributed by atoms with van der Waals surface area (Å²) in [6, 6.07) is 0. The van der Waals surface area contributed by atoms with E-state index in [0.29, 0.717) is 0 Å². The molecule has 1 aliphatic rings. The largest absolute Gasteiger partial charge is 0.504 e. The second-order valence-corrected chi connectivity index (χ2v) is 10.1. The van der Waals surface area contributed by atoms with Gasteiger partial charge in [0.1, 0.15) is 28.1 Å². The highest BCUT2D eigenvalue weighted by molar-refractivity contribution is 9.10. The van der Waals surface area contributed by atoms with Crippen LogP contribution in [0.4, 0.5) is 15.9 Å². The van der Waals surface area contributed by atoms with Crippen molar-refractivity contribution in [2.24, 2.45) is 0 Å². The molecule has 1 aromatic heterocycles. The quantitative estimate of drug-likeness (QED) is 0.0653. The van der Waals surface area contributed by atoms with E-state index in [0.717, 1.165) is 12.4 Å². The lowest BCUT2D eigenvalue weighted by Crippen LogP contribution is -2.93. The molecule has 2 aromatic carbocycles. The van der Waals surface area contributed by atoms with Crippen molar-refractivity contribution in [2.75, 3.05) is 19.0 Å². The lowest BCUT2D eigenvalue weighted by atomic mass is 9.76. The Labute approximate surface area is 248 Å². The summed E-state index contributed by atoms with van der Waals surface area (Å²) in [6.45, 7) is -2.02. The van der Waals surface area contributed by atoms with E-state index in [2.05, 4.69) is 20.9 Å².